The maximum Gasteiger partial charge on any atom is 0.340 e. The van der Waals surface area contributed by atoms with E-state index in [9.17, 15) is 5.11 Å². The monoisotopic (exact) mass is 397 g/mol. The topological polar surface area (TPSA) is 94.3 Å². The first kappa shape index (κ1) is 20.8. The molecule has 0 radical (unpaired) electrons. The normalized spacial score (nSPS) is 13.1. The first-order valence-electron chi connectivity index (χ1n) is 9.61. The van der Waals surface area contributed by atoms with E-state index in [0.29, 0.717) is 13.2 Å². The highest BCUT2D eigenvalue weighted by atomic mass is 16.5. The molecule has 0 saturated carbocycles. The summed E-state index contributed by atoms with van der Waals surface area (Å²) in [6.45, 7) is 7.02. The van der Waals surface area contributed by atoms with Gasteiger partial charge >= 0.3 is 6.01 Å². The fourth-order valence-corrected chi connectivity index (χ4v) is 2.86. The van der Waals surface area contributed by atoms with Crippen LogP contribution >= 0.6 is 0 Å². The second-order valence-electron chi connectivity index (χ2n) is 7.01. The van der Waals surface area contributed by atoms with Gasteiger partial charge in [0, 0.05) is 12.6 Å². The molecule has 2 N–H and O–H groups in total. The van der Waals surface area contributed by atoms with Gasteiger partial charge in [-0.1, -0.05) is 41.5 Å². The zero-order valence-electron chi connectivity index (χ0n) is 16.9. The molecule has 8 heteroatoms. The average Bonchev–Trinajstić information content (AvgIpc) is 3.19. The number of para-hydroxylation sites is 2. The molecule has 2 unspecified atom stereocenters. The van der Waals surface area contributed by atoms with Crippen molar-refractivity contribution in [1.29, 1.82) is 0 Å². The maximum atomic E-state index is 10.2. The van der Waals surface area contributed by atoms with Crippen molar-refractivity contribution in [3.8, 4) is 17.4 Å². The van der Waals surface area contributed by atoms with Crippen LogP contribution in [0.1, 0.15) is 18.1 Å². The zero-order valence-corrected chi connectivity index (χ0v) is 16.9. The number of ether oxygens (including phenoxy) is 2. The summed E-state index contributed by atoms with van der Waals surface area (Å²) in [5, 5.41) is 24.9. The Bertz CT molecular complexity index is 880. The first-order valence-corrected chi connectivity index (χ1v) is 9.61. The Kier molecular flexibility index (Phi) is 7.15. The van der Waals surface area contributed by atoms with Crippen LogP contribution in [0.3, 0.4) is 0 Å². The number of nitrogens with one attached hydrogen (secondary N) is 1. The van der Waals surface area contributed by atoms with Crippen molar-refractivity contribution in [3.05, 3.63) is 59.7 Å². The molecule has 3 rings (SSSR count). The van der Waals surface area contributed by atoms with Gasteiger partial charge in [0.25, 0.3) is 0 Å². The fraction of sp³-hybridized carbons (Fsp3) is 0.381. The Morgan fingerprint density at radius 3 is 2.45 bits per heavy atom. The Morgan fingerprint density at radius 2 is 1.72 bits per heavy atom. The number of benzene rings is 2. The molecule has 2 aromatic carbocycles. The van der Waals surface area contributed by atoms with Crippen LogP contribution in [0.5, 0.6) is 11.8 Å². The lowest BCUT2D eigenvalue weighted by atomic mass is 10.1. The molecule has 8 nitrogen and oxygen atoms in total. The van der Waals surface area contributed by atoms with Gasteiger partial charge in [-0.15, -0.1) is 0 Å². The lowest BCUT2D eigenvalue weighted by Gasteiger charge is -2.19. The molecule has 1 heterocycles. The minimum Gasteiger partial charge on any atom is -0.491 e. The van der Waals surface area contributed by atoms with Crippen LogP contribution in [-0.2, 0) is 0 Å². The van der Waals surface area contributed by atoms with Gasteiger partial charge in [-0.3, -0.25) is 0 Å². The SMILES string of the molecule is Cc1cccc(C)c1OCC(C)NCC(O)COc1nnnn1-c1ccccc1. The van der Waals surface area contributed by atoms with E-state index in [1.165, 1.54) is 4.68 Å². The van der Waals surface area contributed by atoms with E-state index in [2.05, 4.69) is 20.8 Å². The van der Waals surface area contributed by atoms with Crippen molar-refractivity contribution < 1.29 is 14.6 Å². The van der Waals surface area contributed by atoms with Gasteiger partial charge in [0.15, 0.2) is 0 Å². The van der Waals surface area contributed by atoms with Crippen LogP contribution in [0.25, 0.3) is 5.69 Å². The molecular formula is C21H27N5O3. The number of hydrogen-bond donors (Lipinski definition) is 2. The number of aryl methyl sites for hydroxylation is 2. The number of nitrogens with zero attached hydrogens (tertiary/aromatic N) is 4. The Labute approximate surface area is 170 Å². The minimum atomic E-state index is -0.710. The van der Waals surface area contributed by atoms with Gasteiger partial charge in [-0.25, -0.2) is 0 Å². The van der Waals surface area contributed by atoms with Gasteiger partial charge in [0.05, 0.1) is 5.69 Å². The van der Waals surface area contributed by atoms with Gasteiger partial charge in [-0.05, 0) is 54.5 Å². The van der Waals surface area contributed by atoms with E-state index >= 15 is 0 Å². The lowest BCUT2D eigenvalue weighted by molar-refractivity contribution is 0.0952. The summed E-state index contributed by atoms with van der Waals surface area (Å²) in [5.74, 6) is 0.915. The van der Waals surface area contributed by atoms with Crippen LogP contribution < -0.4 is 14.8 Å². The quantitative estimate of drug-likeness (QED) is 0.541. The Balaban J connectivity index is 1.42. The van der Waals surface area contributed by atoms with Gasteiger partial charge in [0.1, 0.15) is 25.1 Å². The molecule has 1 aromatic heterocycles. The van der Waals surface area contributed by atoms with Crippen LogP contribution in [0.4, 0.5) is 0 Å². The predicted molar refractivity (Wildman–Crippen MR) is 110 cm³/mol. The van der Waals surface area contributed by atoms with E-state index < -0.39 is 6.10 Å². The number of tetrazole rings is 1. The van der Waals surface area contributed by atoms with Crippen LogP contribution in [-0.4, -0.2) is 57.2 Å². The van der Waals surface area contributed by atoms with E-state index in [1.54, 1.807) is 0 Å². The average molecular weight is 397 g/mol. The van der Waals surface area contributed by atoms with Gasteiger partial charge in [0.2, 0.25) is 0 Å². The third-order valence-electron chi connectivity index (χ3n) is 4.43. The zero-order chi connectivity index (χ0) is 20.6. The largest absolute Gasteiger partial charge is 0.491 e. The van der Waals surface area contributed by atoms with Crippen LogP contribution in [0.15, 0.2) is 48.5 Å². The third-order valence-corrected chi connectivity index (χ3v) is 4.43. The molecule has 0 bridgehead atoms. The summed E-state index contributed by atoms with van der Waals surface area (Å²) in [6.07, 6.45) is -0.710. The van der Waals surface area contributed by atoms with Crippen LogP contribution in [0.2, 0.25) is 0 Å². The Hall–Kier alpha value is -2.97. The molecule has 3 aromatic rings. The molecule has 2 atom stereocenters. The molecule has 0 aliphatic heterocycles. The maximum absolute atomic E-state index is 10.2. The highest BCUT2D eigenvalue weighted by Gasteiger charge is 2.14. The lowest BCUT2D eigenvalue weighted by Crippen LogP contribution is -2.39. The summed E-state index contributed by atoms with van der Waals surface area (Å²) in [7, 11) is 0. The number of rotatable bonds is 10. The minimum absolute atomic E-state index is 0.0679. The highest BCUT2D eigenvalue weighted by Crippen LogP contribution is 2.22. The van der Waals surface area contributed by atoms with Crippen molar-refractivity contribution in [2.75, 3.05) is 19.8 Å². The number of aromatic nitrogens is 4. The highest BCUT2D eigenvalue weighted by molar-refractivity contribution is 5.39. The predicted octanol–water partition coefficient (Wildman–Crippen LogP) is 2.08. The fourth-order valence-electron chi connectivity index (χ4n) is 2.86. The molecule has 29 heavy (non-hydrogen) atoms. The molecule has 0 aliphatic carbocycles. The smallest absolute Gasteiger partial charge is 0.340 e. The van der Waals surface area contributed by atoms with Gasteiger partial charge in [-0.2, -0.15) is 4.68 Å². The van der Waals surface area contributed by atoms with E-state index in [4.69, 9.17) is 9.47 Å². The molecule has 0 aliphatic rings. The summed E-state index contributed by atoms with van der Waals surface area (Å²) >= 11 is 0. The molecule has 0 saturated heterocycles. The third kappa shape index (κ3) is 5.75. The Morgan fingerprint density at radius 1 is 1.00 bits per heavy atom. The van der Waals surface area contributed by atoms with E-state index in [0.717, 1.165) is 22.6 Å². The summed E-state index contributed by atoms with van der Waals surface area (Å²) in [6, 6.07) is 15.8. The summed E-state index contributed by atoms with van der Waals surface area (Å²) in [5.41, 5.74) is 3.01. The molecule has 0 spiro atoms. The first-order chi connectivity index (χ1) is 14.0. The standard InChI is InChI=1S/C21H27N5O3/c1-15-8-7-9-16(2)20(15)28-13-17(3)22-12-19(27)14-29-21-23-24-25-26(21)18-10-5-4-6-11-18/h4-11,17,19,22,27H,12-14H2,1-3H3. The molecule has 154 valence electrons. The number of hydrogen-bond acceptors (Lipinski definition) is 7. The van der Waals surface area contributed by atoms with Crippen LogP contribution in [0, 0.1) is 13.8 Å². The van der Waals surface area contributed by atoms with Crippen molar-refractivity contribution in [3.63, 3.8) is 0 Å². The molecular weight excluding hydrogens is 370 g/mol. The van der Waals surface area contributed by atoms with Crippen molar-refractivity contribution in [2.24, 2.45) is 0 Å². The van der Waals surface area contributed by atoms with Crippen molar-refractivity contribution >= 4 is 0 Å². The van der Waals surface area contributed by atoms with Crippen molar-refractivity contribution in [2.45, 2.75) is 32.9 Å². The van der Waals surface area contributed by atoms with E-state index in [-0.39, 0.29) is 18.7 Å². The van der Waals surface area contributed by atoms with E-state index in [1.807, 2.05) is 69.3 Å². The second-order valence-corrected chi connectivity index (χ2v) is 7.01. The molecule has 0 amide bonds. The second kappa shape index (κ2) is 9.99. The summed E-state index contributed by atoms with van der Waals surface area (Å²) in [4.78, 5) is 0. The number of aliphatic hydroxyl groups is 1. The summed E-state index contributed by atoms with van der Waals surface area (Å²) < 4.78 is 13.0. The number of aliphatic hydroxyl groups excluding tert-OH is 1. The molecule has 0 fully saturated rings. The van der Waals surface area contributed by atoms with Crippen molar-refractivity contribution in [1.82, 2.24) is 25.5 Å². The van der Waals surface area contributed by atoms with Gasteiger partial charge < -0.3 is 19.9 Å².